The molecule has 5 nitrogen and oxygen atoms in total. The van der Waals surface area contributed by atoms with Gasteiger partial charge < -0.3 is 5.32 Å². The van der Waals surface area contributed by atoms with E-state index in [0.717, 1.165) is 22.4 Å². The van der Waals surface area contributed by atoms with Crippen LogP contribution in [0.2, 0.25) is 0 Å². The number of pyridine rings is 1. The topological polar surface area (TPSA) is 59.8 Å². The molecule has 2 heterocycles. The number of benzene rings is 1. The Morgan fingerprint density at radius 1 is 1.27 bits per heavy atom. The van der Waals surface area contributed by atoms with E-state index in [1.165, 1.54) is 6.08 Å². The molecule has 2 aromatic heterocycles. The van der Waals surface area contributed by atoms with E-state index in [4.69, 9.17) is 0 Å². The Kier molecular flexibility index (Phi) is 3.70. The summed E-state index contributed by atoms with van der Waals surface area (Å²) in [7, 11) is 0. The van der Waals surface area contributed by atoms with Crippen molar-refractivity contribution in [1.29, 1.82) is 0 Å². The van der Waals surface area contributed by atoms with Crippen LogP contribution in [0.5, 0.6) is 0 Å². The molecule has 0 aliphatic heterocycles. The Hall–Kier alpha value is -2.95. The van der Waals surface area contributed by atoms with Gasteiger partial charge in [-0.25, -0.2) is 9.67 Å². The second kappa shape index (κ2) is 5.81. The van der Waals surface area contributed by atoms with Crippen LogP contribution in [-0.2, 0) is 4.79 Å². The van der Waals surface area contributed by atoms with E-state index in [1.54, 1.807) is 19.2 Å². The van der Waals surface area contributed by atoms with Gasteiger partial charge in [0.25, 0.3) is 0 Å². The first-order chi connectivity index (χ1) is 10.7. The summed E-state index contributed by atoms with van der Waals surface area (Å²) in [4.78, 5) is 16.1. The zero-order valence-corrected chi connectivity index (χ0v) is 12.4. The zero-order valence-electron chi connectivity index (χ0n) is 12.4. The summed E-state index contributed by atoms with van der Waals surface area (Å²) in [6, 6.07) is 11.7. The van der Waals surface area contributed by atoms with Crippen LogP contribution in [-0.4, -0.2) is 20.7 Å². The number of nitrogens with one attached hydrogen (secondary N) is 1. The van der Waals surface area contributed by atoms with E-state index < -0.39 is 0 Å². The monoisotopic (exact) mass is 292 g/mol. The molecular formula is C17H16N4O. The van der Waals surface area contributed by atoms with Gasteiger partial charge in [-0.15, -0.1) is 0 Å². The summed E-state index contributed by atoms with van der Waals surface area (Å²) < 4.78 is 1.81. The van der Waals surface area contributed by atoms with Gasteiger partial charge in [0.05, 0.1) is 23.3 Å². The summed E-state index contributed by atoms with van der Waals surface area (Å²) in [5, 5.41) is 8.25. The lowest BCUT2D eigenvalue weighted by Gasteiger charge is -2.04. The standard InChI is InChI=1S/C17H16N4O/c1-3-7-16(22)19-13-10-15-12(2)20-21(17(15)18-11-13)14-8-5-4-6-9-14/h3-11H,1-2H3,(H,19,22)/b7-3+. The third-order valence-corrected chi connectivity index (χ3v) is 3.29. The van der Waals surface area contributed by atoms with Crippen LogP contribution in [0.3, 0.4) is 0 Å². The van der Waals surface area contributed by atoms with Crippen molar-refractivity contribution in [2.45, 2.75) is 13.8 Å². The summed E-state index contributed by atoms with van der Waals surface area (Å²) in [5.74, 6) is -0.170. The first-order valence-corrected chi connectivity index (χ1v) is 7.03. The number of carbonyl (C=O) groups is 1. The van der Waals surface area contributed by atoms with Crippen molar-refractivity contribution in [2.24, 2.45) is 0 Å². The smallest absolute Gasteiger partial charge is 0.248 e. The molecule has 1 amide bonds. The van der Waals surface area contributed by atoms with Crippen molar-refractivity contribution in [1.82, 2.24) is 14.8 Å². The van der Waals surface area contributed by atoms with Gasteiger partial charge in [0.15, 0.2) is 5.65 Å². The van der Waals surface area contributed by atoms with Crippen LogP contribution in [0.15, 0.2) is 54.7 Å². The van der Waals surface area contributed by atoms with Crippen LogP contribution in [0.25, 0.3) is 16.7 Å². The van der Waals surface area contributed by atoms with E-state index in [9.17, 15) is 4.79 Å². The molecule has 5 heteroatoms. The van der Waals surface area contributed by atoms with Crippen LogP contribution in [0, 0.1) is 6.92 Å². The molecule has 0 spiro atoms. The number of aryl methyl sites for hydroxylation is 1. The fourth-order valence-corrected chi connectivity index (χ4v) is 2.30. The molecule has 0 unspecified atom stereocenters. The fourth-order valence-electron chi connectivity index (χ4n) is 2.30. The molecule has 3 rings (SSSR count). The number of fused-ring (bicyclic) bond motifs is 1. The minimum absolute atomic E-state index is 0.170. The van der Waals surface area contributed by atoms with Gasteiger partial charge in [-0.05, 0) is 38.1 Å². The van der Waals surface area contributed by atoms with Gasteiger partial charge in [-0.1, -0.05) is 24.3 Å². The van der Waals surface area contributed by atoms with E-state index in [2.05, 4.69) is 15.4 Å². The molecule has 0 saturated heterocycles. The van der Waals surface area contributed by atoms with Gasteiger partial charge in [-0.3, -0.25) is 4.79 Å². The van der Waals surface area contributed by atoms with Crippen LogP contribution in [0.1, 0.15) is 12.6 Å². The number of hydrogen-bond donors (Lipinski definition) is 1. The number of nitrogens with zero attached hydrogens (tertiary/aromatic N) is 3. The number of allylic oxidation sites excluding steroid dienone is 1. The number of carbonyl (C=O) groups excluding carboxylic acids is 1. The number of amides is 1. The van der Waals surface area contributed by atoms with Gasteiger partial charge >= 0.3 is 0 Å². The Balaban J connectivity index is 2.04. The maximum atomic E-state index is 11.6. The number of hydrogen-bond acceptors (Lipinski definition) is 3. The van der Waals surface area contributed by atoms with Crippen molar-refractivity contribution in [3.8, 4) is 5.69 Å². The predicted octanol–water partition coefficient (Wildman–Crippen LogP) is 3.24. The molecule has 0 aliphatic carbocycles. The summed E-state index contributed by atoms with van der Waals surface area (Å²) in [6.45, 7) is 3.73. The van der Waals surface area contributed by atoms with Crippen molar-refractivity contribution in [3.63, 3.8) is 0 Å². The Labute approximate surface area is 128 Å². The maximum absolute atomic E-state index is 11.6. The highest BCUT2D eigenvalue weighted by molar-refractivity contribution is 6.00. The highest BCUT2D eigenvalue weighted by Crippen LogP contribution is 2.22. The maximum Gasteiger partial charge on any atom is 0.248 e. The van der Waals surface area contributed by atoms with E-state index in [0.29, 0.717) is 5.69 Å². The first-order valence-electron chi connectivity index (χ1n) is 7.03. The normalized spacial score (nSPS) is 11.2. The molecule has 0 aliphatic rings. The van der Waals surface area contributed by atoms with E-state index in [1.807, 2.05) is 48.0 Å². The Morgan fingerprint density at radius 3 is 2.77 bits per heavy atom. The molecule has 3 aromatic rings. The second-order valence-electron chi connectivity index (χ2n) is 4.92. The predicted molar refractivity (Wildman–Crippen MR) is 87.0 cm³/mol. The summed E-state index contributed by atoms with van der Waals surface area (Å²) in [5.41, 5.74) is 3.26. The van der Waals surface area contributed by atoms with Gasteiger partial charge in [0.2, 0.25) is 5.91 Å². The Morgan fingerprint density at radius 2 is 2.05 bits per heavy atom. The molecule has 0 radical (unpaired) electrons. The van der Waals surface area contributed by atoms with Gasteiger partial charge in [0.1, 0.15) is 0 Å². The highest BCUT2D eigenvalue weighted by Gasteiger charge is 2.11. The van der Waals surface area contributed by atoms with E-state index >= 15 is 0 Å². The minimum Gasteiger partial charge on any atom is -0.321 e. The summed E-state index contributed by atoms with van der Waals surface area (Å²) >= 11 is 0. The molecule has 0 saturated carbocycles. The molecule has 0 fully saturated rings. The second-order valence-corrected chi connectivity index (χ2v) is 4.92. The molecule has 0 atom stereocenters. The van der Waals surface area contributed by atoms with Crippen molar-refractivity contribution in [3.05, 3.63) is 60.4 Å². The van der Waals surface area contributed by atoms with Crippen molar-refractivity contribution < 1.29 is 4.79 Å². The third-order valence-electron chi connectivity index (χ3n) is 3.29. The van der Waals surface area contributed by atoms with Gasteiger partial charge in [0, 0.05) is 5.39 Å². The number of aromatic nitrogens is 3. The van der Waals surface area contributed by atoms with E-state index in [-0.39, 0.29) is 5.91 Å². The molecule has 0 bridgehead atoms. The fraction of sp³-hybridized carbons (Fsp3) is 0.118. The molecule has 22 heavy (non-hydrogen) atoms. The van der Waals surface area contributed by atoms with Crippen LogP contribution in [0.4, 0.5) is 5.69 Å². The SMILES string of the molecule is C/C=C/C(=O)Nc1cnc2c(c1)c(C)nn2-c1ccccc1. The average Bonchev–Trinajstić information content (AvgIpc) is 2.85. The highest BCUT2D eigenvalue weighted by atomic mass is 16.1. The molecular weight excluding hydrogens is 276 g/mol. The quantitative estimate of drug-likeness (QED) is 0.754. The largest absolute Gasteiger partial charge is 0.321 e. The molecule has 110 valence electrons. The zero-order chi connectivity index (χ0) is 15.5. The third kappa shape index (κ3) is 2.61. The van der Waals surface area contributed by atoms with Gasteiger partial charge in [-0.2, -0.15) is 5.10 Å². The Bertz CT molecular complexity index is 850. The molecule has 1 N–H and O–H groups in total. The average molecular weight is 292 g/mol. The number of rotatable bonds is 3. The summed E-state index contributed by atoms with van der Waals surface area (Å²) in [6.07, 6.45) is 4.81. The number of anilines is 1. The minimum atomic E-state index is -0.170. The first kappa shape index (κ1) is 14.0. The lowest BCUT2D eigenvalue weighted by atomic mass is 10.2. The lowest BCUT2D eigenvalue weighted by Crippen LogP contribution is -2.08. The lowest BCUT2D eigenvalue weighted by molar-refractivity contribution is -0.111. The van der Waals surface area contributed by atoms with Crippen LogP contribution < -0.4 is 5.32 Å². The van der Waals surface area contributed by atoms with Crippen LogP contribution >= 0.6 is 0 Å². The number of para-hydroxylation sites is 1. The molecule has 1 aromatic carbocycles. The van der Waals surface area contributed by atoms with Crippen molar-refractivity contribution in [2.75, 3.05) is 5.32 Å². The van der Waals surface area contributed by atoms with Crippen molar-refractivity contribution >= 4 is 22.6 Å².